The van der Waals surface area contributed by atoms with Crippen LogP contribution in [-0.2, 0) is 0 Å². The van der Waals surface area contributed by atoms with Gasteiger partial charge in [-0.05, 0) is 29.0 Å². The Hall–Kier alpha value is 1.07. The monoisotopic (exact) mass is 466 g/mol. The quantitative estimate of drug-likeness (QED) is 0.251. The summed E-state index contributed by atoms with van der Waals surface area (Å²) in [5.41, 5.74) is 0. The zero-order chi connectivity index (χ0) is 14.9. The summed E-state index contributed by atoms with van der Waals surface area (Å²) in [4.78, 5) is 1.64. The van der Waals surface area contributed by atoms with Crippen molar-refractivity contribution >= 4 is 95.5 Å². The second kappa shape index (κ2) is 7.56. The normalized spacial score (nSPS) is 10.9. The molecule has 0 fully saturated rings. The van der Waals surface area contributed by atoms with Gasteiger partial charge in [0, 0.05) is 9.37 Å². The van der Waals surface area contributed by atoms with E-state index in [0.29, 0.717) is 14.9 Å². The van der Waals surface area contributed by atoms with E-state index in [2.05, 4.69) is 15.9 Å². The molecule has 0 N–H and O–H groups in total. The van der Waals surface area contributed by atoms with Crippen LogP contribution in [0.5, 0.6) is 0 Å². The summed E-state index contributed by atoms with van der Waals surface area (Å²) in [7, 11) is 2.87. The topological polar surface area (TPSA) is 0 Å². The van der Waals surface area contributed by atoms with Crippen LogP contribution in [0.25, 0.3) is 0 Å². The van der Waals surface area contributed by atoms with Crippen molar-refractivity contribution in [2.75, 3.05) is 0 Å². The van der Waals surface area contributed by atoms with Crippen LogP contribution in [0.3, 0.4) is 0 Å². The first-order valence-corrected chi connectivity index (χ1v) is 9.86. The molecule has 0 atom stereocenters. The van der Waals surface area contributed by atoms with E-state index in [-0.39, 0.29) is 15.1 Å². The summed E-state index contributed by atoms with van der Waals surface area (Å²) >= 11 is 33.8. The van der Waals surface area contributed by atoms with Gasteiger partial charge in [-0.2, -0.15) is 0 Å². The first-order valence-electron chi connectivity index (χ1n) is 5.03. The van der Waals surface area contributed by atoms with Crippen LogP contribution >= 0.6 is 95.5 Å². The van der Waals surface area contributed by atoms with Gasteiger partial charge >= 0.3 is 0 Å². The Morgan fingerprint density at radius 2 is 1.30 bits per heavy atom. The lowest BCUT2D eigenvalue weighted by Crippen LogP contribution is -1.82. The third kappa shape index (κ3) is 3.88. The van der Waals surface area contributed by atoms with Gasteiger partial charge in [0.25, 0.3) is 0 Å². The minimum atomic E-state index is 0.167. The predicted octanol–water partition coefficient (Wildman–Crippen LogP) is 8.52. The zero-order valence-corrected chi connectivity index (χ0v) is 16.4. The fraction of sp³-hybridized carbons (Fsp3) is 0. The van der Waals surface area contributed by atoms with Crippen LogP contribution < -0.4 is 0 Å². The summed E-state index contributed by atoms with van der Waals surface area (Å²) < 4.78 is 0.993. The van der Waals surface area contributed by atoms with Crippen molar-refractivity contribution in [2.24, 2.45) is 0 Å². The Bertz CT molecular complexity index is 634. The van der Waals surface area contributed by atoms with E-state index in [4.69, 9.17) is 58.0 Å². The number of hydrogen-bond acceptors (Lipinski definition) is 2. The van der Waals surface area contributed by atoms with Crippen molar-refractivity contribution in [3.63, 3.8) is 0 Å². The molecular weight excluding hydrogens is 465 g/mol. The lowest BCUT2D eigenvalue weighted by molar-refractivity contribution is 1.44. The maximum Gasteiger partial charge on any atom is 0.0809 e. The van der Waals surface area contributed by atoms with Crippen molar-refractivity contribution in [1.82, 2.24) is 0 Å². The number of benzene rings is 2. The average Bonchev–Trinajstić information content (AvgIpc) is 2.43. The van der Waals surface area contributed by atoms with Gasteiger partial charge in [0.05, 0.1) is 30.0 Å². The van der Waals surface area contributed by atoms with Crippen LogP contribution in [-0.4, -0.2) is 0 Å². The molecule has 2 aromatic carbocycles. The van der Waals surface area contributed by atoms with Gasteiger partial charge < -0.3 is 0 Å². The van der Waals surface area contributed by atoms with Crippen LogP contribution in [0.4, 0.5) is 0 Å². The molecule has 0 amide bonds. The van der Waals surface area contributed by atoms with Crippen LogP contribution in [0.2, 0.25) is 25.1 Å². The van der Waals surface area contributed by atoms with E-state index < -0.39 is 0 Å². The molecule has 0 aromatic heterocycles. The van der Waals surface area contributed by atoms with Crippen LogP contribution in [0, 0.1) is 0 Å². The van der Waals surface area contributed by atoms with Crippen LogP contribution in [0.15, 0.2) is 38.5 Å². The van der Waals surface area contributed by atoms with E-state index in [9.17, 15) is 0 Å². The summed E-state index contributed by atoms with van der Waals surface area (Å²) in [6, 6.07) is 7.85. The van der Waals surface area contributed by atoms with Crippen molar-refractivity contribution in [2.45, 2.75) is 9.79 Å². The second-order valence-corrected chi connectivity index (χ2v) is 8.54. The Kier molecular flexibility index (Phi) is 6.59. The molecule has 0 unspecified atom stereocenters. The van der Waals surface area contributed by atoms with Gasteiger partial charge in [-0.3, -0.25) is 0 Å². The molecule has 0 saturated carbocycles. The zero-order valence-electron chi connectivity index (χ0n) is 9.39. The molecule has 8 heteroatoms. The molecule has 2 aromatic rings. The summed E-state index contributed by atoms with van der Waals surface area (Å²) in [6.45, 7) is 0. The minimum Gasteiger partial charge on any atom is -0.0813 e. The van der Waals surface area contributed by atoms with Crippen molar-refractivity contribution in [1.29, 1.82) is 0 Å². The number of hydrogen-bond donors (Lipinski definition) is 0. The standard InChI is InChI=1S/C12H4BrCl5S2/c13-5-2-1-3-6(4-5)19-20-12-10(17)8(15)7(14)9(16)11(12)18/h1-4H. The third-order valence-corrected chi connectivity index (χ3v) is 7.61. The lowest BCUT2D eigenvalue weighted by Gasteiger charge is -2.11. The molecule has 0 saturated heterocycles. The molecule has 0 aliphatic heterocycles. The smallest absolute Gasteiger partial charge is 0.0809 e. The van der Waals surface area contributed by atoms with E-state index in [1.807, 2.05) is 24.3 Å². The van der Waals surface area contributed by atoms with Crippen molar-refractivity contribution < 1.29 is 0 Å². The van der Waals surface area contributed by atoms with Gasteiger partial charge in [-0.15, -0.1) is 0 Å². The minimum absolute atomic E-state index is 0.167. The van der Waals surface area contributed by atoms with E-state index in [0.717, 1.165) is 9.37 Å². The Balaban J connectivity index is 2.30. The molecule has 0 nitrogen and oxygen atoms in total. The maximum absolute atomic E-state index is 6.17. The highest BCUT2D eigenvalue weighted by Crippen LogP contribution is 2.51. The van der Waals surface area contributed by atoms with Crippen LogP contribution in [0.1, 0.15) is 0 Å². The number of rotatable bonds is 3. The molecule has 106 valence electrons. The predicted molar refractivity (Wildman–Crippen MR) is 97.3 cm³/mol. The molecule has 0 aliphatic carbocycles. The summed E-state index contributed by atoms with van der Waals surface area (Å²) in [5.74, 6) is 0. The fourth-order valence-corrected chi connectivity index (χ4v) is 5.76. The SMILES string of the molecule is Clc1c(Cl)c(Cl)c(SSc2cccc(Br)c2)c(Cl)c1Cl. The molecule has 0 radical (unpaired) electrons. The van der Waals surface area contributed by atoms with Gasteiger partial charge in [-0.25, -0.2) is 0 Å². The fourth-order valence-electron chi connectivity index (χ4n) is 1.27. The molecule has 20 heavy (non-hydrogen) atoms. The molecule has 0 aliphatic rings. The molecule has 0 bridgehead atoms. The highest BCUT2D eigenvalue weighted by atomic mass is 79.9. The Morgan fingerprint density at radius 3 is 1.85 bits per heavy atom. The summed E-state index contributed by atoms with van der Waals surface area (Å²) in [6.07, 6.45) is 0. The number of halogens is 6. The van der Waals surface area contributed by atoms with E-state index in [1.54, 1.807) is 0 Å². The van der Waals surface area contributed by atoms with Crippen molar-refractivity contribution in [3.8, 4) is 0 Å². The highest BCUT2D eigenvalue weighted by molar-refractivity contribution is 9.10. The Morgan fingerprint density at radius 1 is 0.750 bits per heavy atom. The van der Waals surface area contributed by atoms with Crippen molar-refractivity contribution in [3.05, 3.63) is 53.9 Å². The molecular formula is C12H4BrCl5S2. The van der Waals surface area contributed by atoms with Gasteiger partial charge in [-0.1, -0.05) is 90.8 Å². The van der Waals surface area contributed by atoms with Gasteiger partial charge in [0.2, 0.25) is 0 Å². The van der Waals surface area contributed by atoms with Gasteiger partial charge in [0.15, 0.2) is 0 Å². The molecule has 2 rings (SSSR count). The Labute approximate surface area is 158 Å². The second-order valence-electron chi connectivity index (χ2n) is 3.52. The highest BCUT2D eigenvalue weighted by Gasteiger charge is 2.20. The lowest BCUT2D eigenvalue weighted by atomic mass is 10.3. The average molecular weight is 469 g/mol. The largest absolute Gasteiger partial charge is 0.0813 e. The molecule has 0 heterocycles. The third-order valence-electron chi connectivity index (χ3n) is 2.19. The first-order chi connectivity index (χ1) is 9.41. The van der Waals surface area contributed by atoms with E-state index >= 15 is 0 Å². The van der Waals surface area contributed by atoms with E-state index in [1.165, 1.54) is 21.6 Å². The molecule has 0 spiro atoms. The first kappa shape index (κ1) is 17.4. The maximum atomic E-state index is 6.17. The van der Waals surface area contributed by atoms with Gasteiger partial charge in [0.1, 0.15) is 0 Å². The summed E-state index contributed by atoms with van der Waals surface area (Å²) in [5, 5.41) is 1.19.